The molecule has 0 radical (unpaired) electrons. The molecule has 0 aromatic rings. The molecule has 1 aliphatic heterocycles. The highest BCUT2D eigenvalue weighted by Gasteiger charge is 2.22. The molecule has 0 spiro atoms. The van der Waals surface area contributed by atoms with Gasteiger partial charge < -0.3 is 10.0 Å². The van der Waals surface area contributed by atoms with Crippen molar-refractivity contribution >= 4 is 34.3 Å². The average molecular weight is 234 g/mol. The summed E-state index contributed by atoms with van der Waals surface area (Å²) < 4.78 is 0.883. The Hall–Kier alpha value is -0.330. The van der Waals surface area contributed by atoms with Crippen molar-refractivity contribution in [1.82, 2.24) is 9.80 Å². The zero-order chi connectivity index (χ0) is 10.6. The van der Waals surface area contributed by atoms with Crippen LogP contribution >= 0.6 is 24.0 Å². The van der Waals surface area contributed by atoms with Gasteiger partial charge in [0.05, 0.1) is 19.1 Å². The second kappa shape index (κ2) is 5.53. The molecule has 1 N–H and O–H groups in total. The van der Waals surface area contributed by atoms with E-state index < -0.39 is 5.97 Å². The number of rotatable bonds is 4. The SMILES string of the molecule is CCCN1CN(CC(=O)O)CSC1=S. The molecule has 0 atom stereocenters. The third-order valence-electron chi connectivity index (χ3n) is 1.85. The van der Waals surface area contributed by atoms with Crippen LogP contribution in [0.5, 0.6) is 0 Å². The summed E-state index contributed by atoms with van der Waals surface area (Å²) in [6.45, 7) is 3.73. The maximum absolute atomic E-state index is 10.5. The first-order valence-corrected chi connectivity index (χ1v) is 5.88. The Morgan fingerprint density at radius 3 is 3.00 bits per heavy atom. The third kappa shape index (κ3) is 3.43. The van der Waals surface area contributed by atoms with E-state index in [4.69, 9.17) is 17.3 Å². The molecule has 1 fully saturated rings. The predicted molar refractivity (Wildman–Crippen MR) is 61.3 cm³/mol. The first kappa shape index (κ1) is 11.7. The Morgan fingerprint density at radius 2 is 2.43 bits per heavy atom. The van der Waals surface area contributed by atoms with E-state index >= 15 is 0 Å². The summed E-state index contributed by atoms with van der Waals surface area (Å²) in [5, 5.41) is 8.65. The monoisotopic (exact) mass is 234 g/mol. The van der Waals surface area contributed by atoms with Crippen LogP contribution in [0.1, 0.15) is 13.3 Å². The number of hydrogen-bond donors (Lipinski definition) is 1. The number of thioether (sulfide) groups is 1. The number of carbonyl (C=O) groups is 1. The van der Waals surface area contributed by atoms with Crippen molar-refractivity contribution in [2.75, 3.05) is 25.6 Å². The lowest BCUT2D eigenvalue weighted by Crippen LogP contribution is -2.46. The molecule has 0 unspecified atom stereocenters. The van der Waals surface area contributed by atoms with Gasteiger partial charge in [0.15, 0.2) is 0 Å². The van der Waals surface area contributed by atoms with Gasteiger partial charge in [0.25, 0.3) is 0 Å². The largest absolute Gasteiger partial charge is 0.480 e. The number of nitrogens with zero attached hydrogens (tertiary/aromatic N) is 2. The van der Waals surface area contributed by atoms with Crippen LogP contribution in [0.4, 0.5) is 0 Å². The maximum atomic E-state index is 10.5. The molecular formula is C8H14N2O2S2. The minimum Gasteiger partial charge on any atom is -0.480 e. The summed E-state index contributed by atoms with van der Waals surface area (Å²) in [4.78, 5) is 14.4. The maximum Gasteiger partial charge on any atom is 0.317 e. The molecule has 14 heavy (non-hydrogen) atoms. The Labute approximate surface area is 93.2 Å². The van der Waals surface area contributed by atoms with Gasteiger partial charge in [0.1, 0.15) is 4.32 Å². The fourth-order valence-corrected chi connectivity index (χ4v) is 2.40. The Kier molecular flexibility index (Phi) is 4.64. The molecule has 0 aromatic heterocycles. The van der Waals surface area contributed by atoms with Crippen LogP contribution in [0, 0.1) is 0 Å². The third-order valence-corrected chi connectivity index (χ3v) is 3.46. The molecule has 0 amide bonds. The molecule has 1 rings (SSSR count). The number of carboxylic acid groups (broad SMARTS) is 1. The van der Waals surface area contributed by atoms with E-state index in [9.17, 15) is 4.79 Å². The molecule has 0 aliphatic carbocycles. The van der Waals surface area contributed by atoms with Crippen molar-refractivity contribution in [2.45, 2.75) is 13.3 Å². The van der Waals surface area contributed by atoms with Crippen molar-refractivity contribution in [3.63, 3.8) is 0 Å². The van der Waals surface area contributed by atoms with Crippen LogP contribution in [0.25, 0.3) is 0 Å². The van der Waals surface area contributed by atoms with Gasteiger partial charge in [-0.25, -0.2) is 0 Å². The lowest BCUT2D eigenvalue weighted by molar-refractivity contribution is -0.138. The minimum absolute atomic E-state index is 0.0931. The highest BCUT2D eigenvalue weighted by Crippen LogP contribution is 2.18. The number of carboxylic acids is 1. The summed E-state index contributed by atoms with van der Waals surface area (Å²) in [7, 11) is 0. The second-order valence-corrected chi connectivity index (χ2v) is 4.75. The van der Waals surface area contributed by atoms with Gasteiger partial charge in [-0.05, 0) is 6.42 Å². The zero-order valence-electron chi connectivity index (χ0n) is 8.10. The second-order valence-electron chi connectivity index (χ2n) is 3.17. The topological polar surface area (TPSA) is 43.8 Å². The standard InChI is InChI=1S/C8H14N2O2S2/c1-2-3-10-5-9(4-7(11)12)6-14-8(10)13/h2-6H2,1H3,(H,11,12). The first-order valence-electron chi connectivity index (χ1n) is 4.49. The van der Waals surface area contributed by atoms with E-state index in [-0.39, 0.29) is 6.54 Å². The summed E-state index contributed by atoms with van der Waals surface area (Å²) in [5.41, 5.74) is 0. The van der Waals surface area contributed by atoms with Gasteiger partial charge in [-0.1, -0.05) is 30.9 Å². The lowest BCUT2D eigenvalue weighted by Gasteiger charge is -2.35. The van der Waals surface area contributed by atoms with Crippen molar-refractivity contribution in [1.29, 1.82) is 0 Å². The van der Waals surface area contributed by atoms with E-state index in [2.05, 4.69) is 6.92 Å². The molecule has 1 aliphatic rings. The molecule has 80 valence electrons. The Balaban J connectivity index is 2.44. The molecule has 0 saturated carbocycles. The zero-order valence-corrected chi connectivity index (χ0v) is 9.73. The highest BCUT2D eigenvalue weighted by molar-refractivity contribution is 8.22. The molecule has 4 nitrogen and oxygen atoms in total. The quantitative estimate of drug-likeness (QED) is 0.733. The number of thiocarbonyl (C=S) groups is 1. The van der Waals surface area contributed by atoms with E-state index in [1.54, 1.807) is 0 Å². The van der Waals surface area contributed by atoms with E-state index in [1.807, 2.05) is 9.80 Å². The van der Waals surface area contributed by atoms with E-state index in [0.29, 0.717) is 12.5 Å². The summed E-state index contributed by atoms with van der Waals surface area (Å²) in [6, 6.07) is 0. The number of aliphatic carboxylic acids is 1. The Morgan fingerprint density at radius 1 is 1.71 bits per heavy atom. The fourth-order valence-electron chi connectivity index (χ4n) is 1.30. The fraction of sp³-hybridized carbons (Fsp3) is 0.750. The lowest BCUT2D eigenvalue weighted by atomic mass is 10.4. The van der Waals surface area contributed by atoms with E-state index in [1.165, 1.54) is 11.8 Å². The normalized spacial score (nSPS) is 18.6. The van der Waals surface area contributed by atoms with Gasteiger partial charge in [-0.2, -0.15) is 0 Å². The molecule has 1 heterocycles. The molecule has 6 heteroatoms. The van der Waals surface area contributed by atoms with Crippen LogP contribution in [0.15, 0.2) is 0 Å². The van der Waals surface area contributed by atoms with Crippen LogP contribution < -0.4 is 0 Å². The molecule has 0 aromatic carbocycles. The Bertz CT molecular complexity index is 235. The van der Waals surface area contributed by atoms with Crippen molar-refractivity contribution in [2.24, 2.45) is 0 Å². The van der Waals surface area contributed by atoms with Gasteiger partial charge in [-0.15, -0.1) is 0 Å². The predicted octanol–water partition coefficient (Wildman–Crippen LogP) is 1.03. The molecular weight excluding hydrogens is 220 g/mol. The molecule has 0 bridgehead atoms. The van der Waals surface area contributed by atoms with Crippen LogP contribution in [0.2, 0.25) is 0 Å². The van der Waals surface area contributed by atoms with Gasteiger partial charge >= 0.3 is 5.97 Å². The summed E-state index contributed by atoms with van der Waals surface area (Å²) in [6.07, 6.45) is 1.03. The average Bonchev–Trinajstić information content (AvgIpc) is 2.10. The van der Waals surface area contributed by atoms with Crippen molar-refractivity contribution < 1.29 is 9.90 Å². The summed E-state index contributed by atoms with van der Waals surface area (Å²) in [5.74, 6) is -0.0967. The first-order chi connectivity index (χ1) is 6.63. The highest BCUT2D eigenvalue weighted by atomic mass is 32.2. The minimum atomic E-state index is -0.783. The summed E-state index contributed by atoms with van der Waals surface area (Å²) >= 11 is 6.71. The van der Waals surface area contributed by atoms with Crippen molar-refractivity contribution in [3.05, 3.63) is 0 Å². The van der Waals surface area contributed by atoms with Gasteiger partial charge in [0, 0.05) is 6.54 Å². The van der Waals surface area contributed by atoms with E-state index in [0.717, 1.165) is 17.3 Å². The van der Waals surface area contributed by atoms with Crippen molar-refractivity contribution in [3.8, 4) is 0 Å². The number of hydrogen-bond acceptors (Lipinski definition) is 4. The van der Waals surface area contributed by atoms with Gasteiger partial charge in [-0.3, -0.25) is 9.69 Å². The van der Waals surface area contributed by atoms with Gasteiger partial charge in [0.2, 0.25) is 0 Å². The van der Waals surface area contributed by atoms with Crippen LogP contribution in [0.3, 0.4) is 0 Å². The smallest absolute Gasteiger partial charge is 0.317 e. The van der Waals surface area contributed by atoms with Crippen LogP contribution in [-0.4, -0.2) is 50.8 Å². The molecule has 1 saturated heterocycles. The van der Waals surface area contributed by atoms with Crippen LogP contribution in [-0.2, 0) is 4.79 Å².